The Balaban J connectivity index is 1.72. The van der Waals surface area contributed by atoms with E-state index < -0.39 is 11.7 Å². The molecule has 1 spiro atoms. The minimum Gasteiger partial charge on any atom is -0.444 e. The standard InChI is InChI=1S/C17H31NO4/c1-16(2,3)22-15(20)18-11-13(12-19)10-14-6-9-17(21-14)7-4-5-8-17/h13-14,19H,4-12H2,1-3H3,(H,18,20). The van der Waals surface area contributed by atoms with Crippen molar-refractivity contribution in [1.29, 1.82) is 0 Å². The normalized spacial score (nSPS) is 25.4. The molecule has 0 bridgehead atoms. The highest BCUT2D eigenvalue weighted by Crippen LogP contribution is 2.44. The second-order valence-electron chi connectivity index (χ2n) is 7.84. The molecule has 1 amide bonds. The van der Waals surface area contributed by atoms with Crippen LogP contribution in [-0.4, -0.2) is 41.7 Å². The van der Waals surface area contributed by atoms with Gasteiger partial charge in [-0.3, -0.25) is 0 Å². The van der Waals surface area contributed by atoms with Crippen LogP contribution in [0.2, 0.25) is 0 Å². The topological polar surface area (TPSA) is 67.8 Å². The summed E-state index contributed by atoms with van der Waals surface area (Å²) in [7, 11) is 0. The van der Waals surface area contributed by atoms with Crippen molar-refractivity contribution in [2.45, 2.75) is 83.0 Å². The van der Waals surface area contributed by atoms with Crippen LogP contribution in [0.3, 0.4) is 0 Å². The lowest BCUT2D eigenvalue weighted by atomic mass is 9.96. The Morgan fingerprint density at radius 2 is 2.05 bits per heavy atom. The summed E-state index contributed by atoms with van der Waals surface area (Å²) in [5.74, 6) is 0.0223. The fourth-order valence-electron chi connectivity index (χ4n) is 3.58. The van der Waals surface area contributed by atoms with E-state index in [0.717, 1.165) is 19.3 Å². The fourth-order valence-corrected chi connectivity index (χ4v) is 3.58. The largest absolute Gasteiger partial charge is 0.444 e. The molecule has 1 heterocycles. The number of hydrogen-bond donors (Lipinski definition) is 2. The first-order valence-electron chi connectivity index (χ1n) is 8.57. The fraction of sp³-hybridized carbons (Fsp3) is 0.941. The van der Waals surface area contributed by atoms with E-state index in [-0.39, 0.29) is 24.2 Å². The van der Waals surface area contributed by atoms with Crippen LogP contribution < -0.4 is 5.32 Å². The summed E-state index contributed by atoms with van der Waals surface area (Å²) in [6.45, 7) is 6.00. The molecular formula is C17H31NO4. The molecule has 1 saturated carbocycles. The Labute approximate surface area is 133 Å². The molecule has 1 aliphatic heterocycles. The molecule has 0 radical (unpaired) electrons. The Kier molecular flexibility index (Phi) is 5.72. The van der Waals surface area contributed by atoms with E-state index in [1.807, 2.05) is 20.8 Å². The van der Waals surface area contributed by atoms with Crippen molar-refractivity contribution in [2.24, 2.45) is 5.92 Å². The van der Waals surface area contributed by atoms with E-state index in [1.54, 1.807) is 0 Å². The first kappa shape index (κ1) is 17.5. The third kappa shape index (κ3) is 5.13. The molecular weight excluding hydrogens is 282 g/mol. The molecule has 0 aromatic heterocycles. The zero-order valence-electron chi connectivity index (χ0n) is 14.2. The second-order valence-corrected chi connectivity index (χ2v) is 7.84. The molecule has 2 atom stereocenters. The van der Waals surface area contributed by atoms with Crippen LogP contribution >= 0.6 is 0 Å². The molecule has 2 N–H and O–H groups in total. The number of aliphatic hydroxyl groups is 1. The van der Waals surface area contributed by atoms with Crippen LogP contribution in [0, 0.1) is 5.92 Å². The van der Waals surface area contributed by atoms with Crippen molar-refractivity contribution in [3.63, 3.8) is 0 Å². The Hall–Kier alpha value is -0.810. The van der Waals surface area contributed by atoms with Gasteiger partial charge in [-0.2, -0.15) is 0 Å². The van der Waals surface area contributed by atoms with Gasteiger partial charge in [-0.05, 0) is 52.9 Å². The molecule has 2 rings (SSSR count). The maximum absolute atomic E-state index is 11.7. The van der Waals surface area contributed by atoms with Crippen molar-refractivity contribution in [3.8, 4) is 0 Å². The highest BCUT2D eigenvalue weighted by molar-refractivity contribution is 5.67. The van der Waals surface area contributed by atoms with Crippen molar-refractivity contribution < 1.29 is 19.4 Å². The number of carbonyl (C=O) groups excluding carboxylic acids is 1. The third-order valence-corrected chi connectivity index (χ3v) is 4.64. The van der Waals surface area contributed by atoms with Crippen LogP contribution in [0.15, 0.2) is 0 Å². The smallest absolute Gasteiger partial charge is 0.407 e. The molecule has 0 aromatic rings. The van der Waals surface area contributed by atoms with Gasteiger partial charge in [0.1, 0.15) is 5.60 Å². The number of hydrogen-bond acceptors (Lipinski definition) is 4. The van der Waals surface area contributed by atoms with E-state index in [1.165, 1.54) is 25.7 Å². The summed E-state index contributed by atoms with van der Waals surface area (Å²) in [6.07, 6.45) is 7.73. The summed E-state index contributed by atoms with van der Waals surface area (Å²) < 4.78 is 11.5. The Morgan fingerprint density at radius 3 is 2.64 bits per heavy atom. The SMILES string of the molecule is CC(C)(C)OC(=O)NCC(CO)CC1CCC2(CCCC2)O1. The van der Waals surface area contributed by atoms with Gasteiger partial charge in [-0.25, -0.2) is 4.79 Å². The lowest BCUT2D eigenvalue weighted by Crippen LogP contribution is -2.37. The average Bonchev–Trinajstić information content (AvgIpc) is 3.03. The summed E-state index contributed by atoms with van der Waals surface area (Å²) >= 11 is 0. The first-order chi connectivity index (χ1) is 10.3. The van der Waals surface area contributed by atoms with Gasteiger partial charge in [0.15, 0.2) is 0 Å². The minimum absolute atomic E-state index is 0.0223. The maximum atomic E-state index is 11.7. The summed E-state index contributed by atoms with van der Waals surface area (Å²) in [4.78, 5) is 11.7. The van der Waals surface area contributed by atoms with Gasteiger partial charge in [0.2, 0.25) is 0 Å². The number of ether oxygens (including phenoxy) is 2. The lowest BCUT2D eigenvalue weighted by Gasteiger charge is -2.26. The molecule has 2 unspecified atom stereocenters. The number of nitrogens with one attached hydrogen (secondary N) is 1. The minimum atomic E-state index is -0.498. The zero-order valence-corrected chi connectivity index (χ0v) is 14.2. The van der Waals surface area contributed by atoms with E-state index in [0.29, 0.717) is 6.54 Å². The van der Waals surface area contributed by atoms with Crippen LogP contribution in [0.5, 0.6) is 0 Å². The number of amides is 1. The average molecular weight is 313 g/mol. The van der Waals surface area contributed by atoms with Crippen LogP contribution in [0.4, 0.5) is 4.79 Å². The van der Waals surface area contributed by atoms with Gasteiger partial charge in [0.25, 0.3) is 0 Å². The van der Waals surface area contributed by atoms with Crippen LogP contribution in [0.25, 0.3) is 0 Å². The van der Waals surface area contributed by atoms with Crippen molar-refractivity contribution in [2.75, 3.05) is 13.2 Å². The highest BCUT2D eigenvalue weighted by Gasteiger charge is 2.42. The van der Waals surface area contributed by atoms with Gasteiger partial charge >= 0.3 is 6.09 Å². The van der Waals surface area contributed by atoms with E-state index in [2.05, 4.69) is 5.32 Å². The van der Waals surface area contributed by atoms with Gasteiger partial charge in [-0.15, -0.1) is 0 Å². The number of rotatable bonds is 5. The molecule has 22 heavy (non-hydrogen) atoms. The summed E-state index contributed by atoms with van der Waals surface area (Å²) in [5, 5.41) is 12.3. The van der Waals surface area contributed by atoms with Crippen LogP contribution in [0.1, 0.15) is 65.7 Å². The van der Waals surface area contributed by atoms with Crippen molar-refractivity contribution in [1.82, 2.24) is 5.32 Å². The zero-order chi connectivity index (χ0) is 16.2. The number of alkyl carbamates (subject to hydrolysis) is 1. The summed E-state index contributed by atoms with van der Waals surface area (Å²) in [5.41, 5.74) is -0.370. The van der Waals surface area contributed by atoms with E-state index in [9.17, 15) is 9.90 Å². The molecule has 2 fully saturated rings. The molecule has 5 heteroatoms. The quantitative estimate of drug-likeness (QED) is 0.819. The summed E-state index contributed by atoms with van der Waals surface area (Å²) in [6, 6.07) is 0. The van der Waals surface area contributed by atoms with Crippen molar-refractivity contribution >= 4 is 6.09 Å². The lowest BCUT2D eigenvalue weighted by molar-refractivity contribution is -0.0467. The highest BCUT2D eigenvalue weighted by atomic mass is 16.6. The Morgan fingerprint density at radius 1 is 1.36 bits per heavy atom. The molecule has 5 nitrogen and oxygen atoms in total. The van der Waals surface area contributed by atoms with E-state index in [4.69, 9.17) is 9.47 Å². The molecule has 0 aromatic carbocycles. The second kappa shape index (κ2) is 7.18. The molecule has 1 aliphatic carbocycles. The third-order valence-electron chi connectivity index (χ3n) is 4.64. The Bertz CT molecular complexity index is 371. The number of aliphatic hydroxyl groups excluding tert-OH is 1. The van der Waals surface area contributed by atoms with Gasteiger partial charge < -0.3 is 19.9 Å². The van der Waals surface area contributed by atoms with Crippen LogP contribution in [-0.2, 0) is 9.47 Å². The maximum Gasteiger partial charge on any atom is 0.407 e. The van der Waals surface area contributed by atoms with E-state index >= 15 is 0 Å². The predicted molar refractivity (Wildman–Crippen MR) is 84.7 cm³/mol. The van der Waals surface area contributed by atoms with Gasteiger partial charge in [0.05, 0.1) is 11.7 Å². The first-order valence-corrected chi connectivity index (χ1v) is 8.57. The van der Waals surface area contributed by atoms with Gasteiger partial charge in [-0.1, -0.05) is 12.8 Å². The molecule has 128 valence electrons. The predicted octanol–water partition coefficient (Wildman–Crippen LogP) is 3.00. The molecule has 2 aliphatic rings. The van der Waals surface area contributed by atoms with Crippen molar-refractivity contribution in [3.05, 3.63) is 0 Å². The molecule has 1 saturated heterocycles. The van der Waals surface area contributed by atoms with Gasteiger partial charge in [0, 0.05) is 19.1 Å². The monoisotopic (exact) mass is 313 g/mol. The number of carbonyl (C=O) groups is 1.